The van der Waals surface area contributed by atoms with Gasteiger partial charge in [0.15, 0.2) is 0 Å². The summed E-state index contributed by atoms with van der Waals surface area (Å²) < 4.78 is 4.81. The van der Waals surface area contributed by atoms with E-state index in [1.165, 1.54) is 133 Å². The van der Waals surface area contributed by atoms with E-state index < -0.39 is 0 Å². The van der Waals surface area contributed by atoms with Crippen molar-refractivity contribution in [2.45, 2.75) is 52.4 Å². The van der Waals surface area contributed by atoms with Crippen molar-refractivity contribution < 1.29 is 0 Å². The molecule has 0 radical (unpaired) electrons. The monoisotopic (exact) mass is 846 g/mol. The normalized spacial score (nSPS) is 14.4. The molecular formula is C64H50N2. The Balaban J connectivity index is 0.835. The molecule has 0 fully saturated rings. The Bertz CT molecular complexity index is 3860. The summed E-state index contributed by atoms with van der Waals surface area (Å²) in [5, 5.41) is 5.11. The van der Waals surface area contributed by atoms with Crippen molar-refractivity contribution in [2.75, 3.05) is 0 Å². The zero-order chi connectivity index (χ0) is 44.6. The van der Waals surface area contributed by atoms with E-state index in [1.54, 1.807) is 0 Å². The molecule has 2 heterocycles. The molecule has 0 spiro atoms. The first kappa shape index (κ1) is 38.8. The number of benzene rings is 9. The third kappa shape index (κ3) is 5.61. The average molecular weight is 847 g/mol. The number of fused-ring (bicyclic) bond motifs is 12. The molecule has 2 heteroatoms. The van der Waals surface area contributed by atoms with E-state index in [-0.39, 0.29) is 10.8 Å². The molecule has 0 N–H and O–H groups in total. The van der Waals surface area contributed by atoms with Gasteiger partial charge in [0.2, 0.25) is 0 Å². The molecule has 0 saturated heterocycles. The molecule has 66 heavy (non-hydrogen) atoms. The van der Waals surface area contributed by atoms with Gasteiger partial charge in [-0.1, -0.05) is 143 Å². The van der Waals surface area contributed by atoms with Crippen molar-refractivity contribution in [1.29, 1.82) is 0 Å². The van der Waals surface area contributed by atoms with Crippen molar-refractivity contribution >= 4 is 55.8 Å². The molecule has 0 aliphatic heterocycles. The predicted octanol–water partition coefficient (Wildman–Crippen LogP) is 16.9. The van der Waals surface area contributed by atoms with Gasteiger partial charge < -0.3 is 9.13 Å². The Kier molecular flexibility index (Phi) is 8.17. The van der Waals surface area contributed by atoms with Crippen LogP contribution in [0.2, 0.25) is 0 Å². The second-order valence-corrected chi connectivity index (χ2v) is 20.0. The second-order valence-electron chi connectivity index (χ2n) is 20.0. The topological polar surface area (TPSA) is 9.86 Å². The third-order valence-electron chi connectivity index (χ3n) is 15.1. The quantitative estimate of drug-likeness (QED) is 0.153. The van der Waals surface area contributed by atoms with Crippen molar-refractivity contribution in [2.24, 2.45) is 0 Å². The summed E-state index contributed by atoms with van der Waals surface area (Å²) in [5.74, 6) is 0. The standard InChI is InChI=1S/C64H50N2/c1-39-30-40(2)32-46(31-39)66-60-19-13-11-17-50(60)54-35-43(25-29-62(54)66)44-24-27-48-52-38-57-51(37-58(52)64(5,6)56(48)36-44)47-26-22-42(34-55(47)63(57,3)4)21-20-41-23-28-61-53(33-41)49-16-10-12-18-59(49)65(61)45-14-8-7-9-15-45/h7-38H,1-6H3/b21-20+. The summed E-state index contributed by atoms with van der Waals surface area (Å²) in [4.78, 5) is 0. The predicted molar refractivity (Wildman–Crippen MR) is 281 cm³/mol. The molecule has 0 unspecified atom stereocenters. The van der Waals surface area contributed by atoms with Crippen LogP contribution in [0.1, 0.15) is 72.2 Å². The molecule has 13 rings (SSSR count). The molecule has 2 aliphatic carbocycles. The molecular weight excluding hydrogens is 797 g/mol. The van der Waals surface area contributed by atoms with Gasteiger partial charge in [-0.2, -0.15) is 0 Å². The number of aryl methyl sites for hydroxylation is 2. The van der Waals surface area contributed by atoms with E-state index >= 15 is 0 Å². The van der Waals surface area contributed by atoms with Crippen LogP contribution >= 0.6 is 0 Å². The van der Waals surface area contributed by atoms with Crippen molar-refractivity contribution in [1.82, 2.24) is 9.13 Å². The van der Waals surface area contributed by atoms with Crippen molar-refractivity contribution in [3.8, 4) is 44.8 Å². The summed E-state index contributed by atoms with van der Waals surface area (Å²) in [5.41, 5.74) is 25.6. The lowest BCUT2D eigenvalue weighted by Gasteiger charge is -2.24. The zero-order valence-electron chi connectivity index (χ0n) is 38.4. The summed E-state index contributed by atoms with van der Waals surface area (Å²) in [7, 11) is 0. The molecule has 9 aromatic carbocycles. The van der Waals surface area contributed by atoms with Gasteiger partial charge in [-0.15, -0.1) is 0 Å². The van der Waals surface area contributed by atoms with Gasteiger partial charge in [0.05, 0.1) is 22.1 Å². The van der Waals surface area contributed by atoms with E-state index in [9.17, 15) is 0 Å². The zero-order valence-corrected chi connectivity index (χ0v) is 38.4. The van der Waals surface area contributed by atoms with E-state index in [0.717, 1.165) is 0 Å². The first-order chi connectivity index (χ1) is 32.0. The van der Waals surface area contributed by atoms with Crippen LogP contribution < -0.4 is 0 Å². The molecule has 2 aromatic heterocycles. The fourth-order valence-corrected chi connectivity index (χ4v) is 11.9. The number of nitrogens with zero attached hydrogens (tertiary/aromatic N) is 2. The number of hydrogen-bond donors (Lipinski definition) is 0. The molecule has 0 amide bonds. The Hall–Kier alpha value is -7.68. The largest absolute Gasteiger partial charge is 0.309 e. The van der Waals surface area contributed by atoms with Gasteiger partial charge in [0.1, 0.15) is 0 Å². The first-order valence-corrected chi connectivity index (χ1v) is 23.4. The fraction of sp³-hybridized carbons (Fsp3) is 0.125. The van der Waals surface area contributed by atoms with Crippen LogP contribution in [0.4, 0.5) is 0 Å². The van der Waals surface area contributed by atoms with Gasteiger partial charge in [0, 0.05) is 43.7 Å². The SMILES string of the molecule is Cc1cc(C)cc(-n2c3ccccc3c3cc(-c4ccc5c(c4)C(C)(C)c4cc6c(cc4-5)C(C)(C)c4cc(/C=C/c5ccc7c(c5)c5ccccc5n7-c5ccccc5)ccc4-6)ccc32)c1. The van der Waals surface area contributed by atoms with Crippen LogP contribution in [-0.2, 0) is 10.8 Å². The van der Waals surface area contributed by atoms with Crippen LogP contribution in [0.5, 0.6) is 0 Å². The van der Waals surface area contributed by atoms with Crippen molar-refractivity contribution in [3.05, 3.63) is 226 Å². The van der Waals surface area contributed by atoms with Gasteiger partial charge in [-0.25, -0.2) is 0 Å². The summed E-state index contributed by atoms with van der Waals surface area (Å²) in [6, 6.07) is 68.4. The average Bonchev–Trinajstić information content (AvgIpc) is 3.98. The van der Waals surface area contributed by atoms with Gasteiger partial charge in [-0.3, -0.25) is 0 Å². The maximum Gasteiger partial charge on any atom is 0.0541 e. The smallest absolute Gasteiger partial charge is 0.0541 e. The van der Waals surface area contributed by atoms with Crippen LogP contribution in [0.3, 0.4) is 0 Å². The molecule has 316 valence electrons. The number of rotatable bonds is 5. The van der Waals surface area contributed by atoms with Gasteiger partial charge in [0.25, 0.3) is 0 Å². The van der Waals surface area contributed by atoms with Crippen LogP contribution in [0.25, 0.3) is 101 Å². The minimum absolute atomic E-state index is 0.139. The van der Waals surface area contributed by atoms with E-state index in [4.69, 9.17) is 0 Å². The molecule has 2 nitrogen and oxygen atoms in total. The highest BCUT2D eigenvalue weighted by atomic mass is 15.0. The van der Waals surface area contributed by atoms with E-state index in [2.05, 4.69) is 245 Å². The lowest BCUT2D eigenvalue weighted by Crippen LogP contribution is -2.17. The Labute approximate surface area is 386 Å². The highest BCUT2D eigenvalue weighted by Crippen LogP contribution is 2.56. The highest BCUT2D eigenvalue weighted by molar-refractivity contribution is 6.11. The molecule has 0 saturated carbocycles. The van der Waals surface area contributed by atoms with Crippen LogP contribution in [-0.4, -0.2) is 9.13 Å². The van der Waals surface area contributed by atoms with Crippen LogP contribution in [0, 0.1) is 13.8 Å². The third-order valence-corrected chi connectivity index (χ3v) is 15.1. The number of para-hydroxylation sites is 3. The molecule has 0 bridgehead atoms. The summed E-state index contributed by atoms with van der Waals surface area (Å²) in [6.45, 7) is 14.0. The Morgan fingerprint density at radius 1 is 0.333 bits per heavy atom. The lowest BCUT2D eigenvalue weighted by atomic mass is 9.79. The lowest BCUT2D eigenvalue weighted by molar-refractivity contribution is 0.652. The molecule has 2 aliphatic rings. The fourth-order valence-electron chi connectivity index (χ4n) is 11.9. The molecule has 0 atom stereocenters. The van der Waals surface area contributed by atoms with Crippen LogP contribution in [0.15, 0.2) is 182 Å². The Morgan fingerprint density at radius 3 is 1.44 bits per heavy atom. The van der Waals surface area contributed by atoms with Gasteiger partial charge >= 0.3 is 0 Å². The first-order valence-electron chi connectivity index (χ1n) is 23.4. The second kappa shape index (κ2) is 13.9. The van der Waals surface area contributed by atoms with E-state index in [1.807, 2.05) is 0 Å². The summed E-state index contributed by atoms with van der Waals surface area (Å²) in [6.07, 6.45) is 4.56. The van der Waals surface area contributed by atoms with E-state index in [0.29, 0.717) is 0 Å². The minimum atomic E-state index is -0.150. The number of aromatic nitrogens is 2. The maximum absolute atomic E-state index is 2.53. The maximum atomic E-state index is 2.53. The minimum Gasteiger partial charge on any atom is -0.309 e. The summed E-state index contributed by atoms with van der Waals surface area (Å²) >= 11 is 0. The highest BCUT2D eigenvalue weighted by Gasteiger charge is 2.42. The van der Waals surface area contributed by atoms with Gasteiger partial charge in [-0.05, 0) is 171 Å². The van der Waals surface area contributed by atoms with Crippen molar-refractivity contribution in [3.63, 3.8) is 0 Å². The number of hydrogen-bond acceptors (Lipinski definition) is 0. The molecule has 11 aromatic rings. The Morgan fingerprint density at radius 2 is 0.788 bits per heavy atom.